The first-order valence-corrected chi connectivity index (χ1v) is 9.25. The molecule has 0 aromatic heterocycles. The summed E-state index contributed by atoms with van der Waals surface area (Å²) in [5, 5.41) is 0. The number of hydrogen-bond acceptors (Lipinski definition) is 1. The van der Waals surface area contributed by atoms with Crippen LogP contribution in [0, 0.1) is 12.5 Å². The Morgan fingerprint density at radius 3 is 2.12 bits per heavy atom. The molecule has 0 radical (unpaired) electrons. The minimum absolute atomic E-state index is 0.307. The summed E-state index contributed by atoms with van der Waals surface area (Å²) in [4.78, 5) is 6.49. The lowest BCUT2D eigenvalue weighted by Crippen LogP contribution is -2.31. The topological polar surface area (TPSA) is 7.60 Å². The molecule has 0 aliphatic rings. The Bertz CT molecular complexity index is 657. The first kappa shape index (κ1) is 19.2. The monoisotopic (exact) mass is 334 g/mol. The Kier molecular flexibility index (Phi) is 7.22. The van der Waals surface area contributed by atoms with Gasteiger partial charge in [-0.05, 0) is 32.0 Å². The van der Waals surface area contributed by atoms with E-state index in [0.717, 1.165) is 37.9 Å². The quantitative estimate of drug-likeness (QED) is 0.556. The molecule has 1 atom stereocenters. The predicted octanol–water partition coefficient (Wildman–Crippen LogP) is 5.41. The number of likely N-dealkylation sites (N-methyl/N-ethyl adjacent to an activating group) is 1. The Balaban J connectivity index is 1.90. The highest BCUT2D eigenvalue weighted by molar-refractivity contribution is 5.29. The summed E-state index contributed by atoms with van der Waals surface area (Å²) in [6.45, 7) is 14.3. The fourth-order valence-corrected chi connectivity index (χ4v) is 3.44. The van der Waals surface area contributed by atoms with Gasteiger partial charge in [0.1, 0.15) is 0 Å². The summed E-state index contributed by atoms with van der Waals surface area (Å²) in [6.07, 6.45) is 3.03. The second-order valence-electron chi connectivity index (χ2n) is 7.20. The van der Waals surface area contributed by atoms with Crippen molar-refractivity contribution < 1.29 is 0 Å². The normalized spacial score (nSPS) is 13.6. The van der Waals surface area contributed by atoms with Crippen LogP contribution in [-0.2, 0) is 12.0 Å². The van der Waals surface area contributed by atoms with Crippen molar-refractivity contribution in [1.82, 2.24) is 4.90 Å². The average Bonchev–Trinajstić information content (AvgIpc) is 2.65. The SMILES string of the molecule is [C-]#[N+]C(CCCN(C)CCc1ccccc1)(c1ccccc1)C(C)C. The third kappa shape index (κ3) is 5.18. The molecule has 2 rings (SSSR count). The molecule has 0 saturated heterocycles. The fraction of sp³-hybridized carbons (Fsp3) is 0.435. The summed E-state index contributed by atoms with van der Waals surface area (Å²) in [6, 6.07) is 21.0. The zero-order chi connectivity index (χ0) is 18.1. The van der Waals surface area contributed by atoms with Gasteiger partial charge in [0, 0.05) is 24.4 Å². The highest BCUT2D eigenvalue weighted by atomic mass is 15.1. The molecule has 2 heteroatoms. The van der Waals surface area contributed by atoms with Crippen molar-refractivity contribution in [2.24, 2.45) is 5.92 Å². The van der Waals surface area contributed by atoms with Crippen LogP contribution in [0.15, 0.2) is 60.7 Å². The van der Waals surface area contributed by atoms with Crippen LogP contribution in [0.25, 0.3) is 4.85 Å². The van der Waals surface area contributed by atoms with Crippen LogP contribution < -0.4 is 0 Å². The zero-order valence-corrected chi connectivity index (χ0v) is 15.8. The van der Waals surface area contributed by atoms with Gasteiger partial charge in [0.25, 0.3) is 5.54 Å². The smallest absolute Gasteiger partial charge is 0.259 e. The van der Waals surface area contributed by atoms with E-state index in [2.05, 4.69) is 73.1 Å². The number of nitrogens with zero attached hydrogens (tertiary/aromatic N) is 2. The molecule has 0 N–H and O–H groups in total. The Labute approximate surface area is 153 Å². The summed E-state index contributed by atoms with van der Waals surface area (Å²) < 4.78 is 0. The van der Waals surface area contributed by atoms with E-state index >= 15 is 0 Å². The molecule has 0 fully saturated rings. The third-order valence-corrected chi connectivity index (χ3v) is 5.15. The van der Waals surface area contributed by atoms with Crippen LogP contribution in [0.5, 0.6) is 0 Å². The molecule has 0 spiro atoms. The minimum Gasteiger partial charge on any atom is -0.306 e. The first-order chi connectivity index (χ1) is 12.1. The summed E-state index contributed by atoms with van der Waals surface area (Å²) in [5.41, 5.74) is 2.14. The average molecular weight is 335 g/mol. The van der Waals surface area contributed by atoms with Crippen LogP contribution in [0.4, 0.5) is 0 Å². The maximum Gasteiger partial charge on any atom is 0.259 e. The van der Waals surface area contributed by atoms with E-state index in [9.17, 15) is 0 Å². The van der Waals surface area contributed by atoms with Crippen LogP contribution in [0.1, 0.15) is 37.8 Å². The van der Waals surface area contributed by atoms with Crippen LogP contribution >= 0.6 is 0 Å². The molecule has 2 nitrogen and oxygen atoms in total. The van der Waals surface area contributed by atoms with Crippen molar-refractivity contribution in [3.05, 3.63) is 83.2 Å². The maximum atomic E-state index is 7.87. The standard InChI is InChI=1S/C23H30N2/c1-20(2)23(24-3,22-14-9-6-10-15-22)17-11-18-25(4)19-16-21-12-7-5-8-13-21/h5-10,12-15,20H,11,16-19H2,1-2,4H3. The van der Waals surface area contributed by atoms with Crippen LogP contribution in [-0.4, -0.2) is 25.0 Å². The van der Waals surface area contributed by atoms with E-state index in [-0.39, 0.29) is 0 Å². The number of benzene rings is 2. The van der Waals surface area contributed by atoms with Gasteiger partial charge in [-0.15, -0.1) is 0 Å². The van der Waals surface area contributed by atoms with Gasteiger partial charge in [0.05, 0.1) is 0 Å². The van der Waals surface area contributed by atoms with Crippen molar-refractivity contribution in [2.75, 3.05) is 20.1 Å². The molecule has 0 heterocycles. The molecule has 0 saturated carbocycles. The van der Waals surface area contributed by atoms with E-state index < -0.39 is 5.54 Å². The summed E-state index contributed by atoms with van der Waals surface area (Å²) in [5.74, 6) is 0.307. The van der Waals surface area contributed by atoms with Crippen LogP contribution in [0.3, 0.4) is 0 Å². The Morgan fingerprint density at radius 1 is 0.960 bits per heavy atom. The largest absolute Gasteiger partial charge is 0.306 e. The second kappa shape index (κ2) is 9.39. The zero-order valence-electron chi connectivity index (χ0n) is 15.8. The van der Waals surface area contributed by atoms with Crippen molar-refractivity contribution in [3.63, 3.8) is 0 Å². The van der Waals surface area contributed by atoms with Gasteiger partial charge >= 0.3 is 0 Å². The van der Waals surface area contributed by atoms with Gasteiger partial charge in [0.15, 0.2) is 0 Å². The van der Waals surface area contributed by atoms with Gasteiger partial charge in [0.2, 0.25) is 0 Å². The van der Waals surface area contributed by atoms with Crippen LogP contribution in [0.2, 0.25) is 0 Å². The lowest BCUT2D eigenvalue weighted by Gasteiger charge is -2.27. The first-order valence-electron chi connectivity index (χ1n) is 9.25. The highest BCUT2D eigenvalue weighted by Gasteiger charge is 2.41. The molecule has 0 aliphatic carbocycles. The molecule has 0 bridgehead atoms. The minimum atomic E-state index is -0.401. The molecule has 0 aliphatic heterocycles. The second-order valence-corrected chi connectivity index (χ2v) is 7.20. The molecular weight excluding hydrogens is 304 g/mol. The maximum absolute atomic E-state index is 7.87. The molecule has 0 amide bonds. The van der Waals surface area contributed by atoms with Crippen molar-refractivity contribution in [3.8, 4) is 0 Å². The summed E-state index contributed by atoms with van der Waals surface area (Å²) >= 11 is 0. The fourth-order valence-electron chi connectivity index (χ4n) is 3.44. The Morgan fingerprint density at radius 2 is 1.56 bits per heavy atom. The number of rotatable bonds is 9. The van der Waals surface area contributed by atoms with Gasteiger partial charge in [-0.2, -0.15) is 0 Å². The van der Waals surface area contributed by atoms with E-state index in [0.29, 0.717) is 5.92 Å². The van der Waals surface area contributed by atoms with Crippen molar-refractivity contribution >= 4 is 0 Å². The van der Waals surface area contributed by atoms with E-state index in [1.165, 1.54) is 5.56 Å². The van der Waals surface area contributed by atoms with Crippen molar-refractivity contribution in [2.45, 2.75) is 38.6 Å². The molecular formula is C23H30N2. The van der Waals surface area contributed by atoms with Crippen molar-refractivity contribution in [1.29, 1.82) is 0 Å². The predicted molar refractivity (Wildman–Crippen MR) is 106 cm³/mol. The molecule has 132 valence electrons. The molecule has 2 aromatic rings. The lowest BCUT2D eigenvalue weighted by atomic mass is 9.77. The molecule has 2 aromatic carbocycles. The third-order valence-electron chi connectivity index (χ3n) is 5.15. The lowest BCUT2D eigenvalue weighted by molar-refractivity contribution is 0.288. The molecule has 25 heavy (non-hydrogen) atoms. The molecule has 1 unspecified atom stereocenters. The van der Waals surface area contributed by atoms with Gasteiger partial charge in [-0.3, -0.25) is 0 Å². The van der Waals surface area contributed by atoms with Gasteiger partial charge in [-0.1, -0.05) is 74.5 Å². The Hall–Kier alpha value is -2.11. The summed E-state index contributed by atoms with van der Waals surface area (Å²) in [7, 11) is 2.18. The van der Waals surface area contributed by atoms with E-state index in [1.54, 1.807) is 0 Å². The van der Waals surface area contributed by atoms with Gasteiger partial charge < -0.3 is 9.74 Å². The van der Waals surface area contributed by atoms with Gasteiger partial charge in [-0.25, -0.2) is 6.57 Å². The number of hydrogen-bond donors (Lipinski definition) is 0. The van der Waals surface area contributed by atoms with E-state index in [1.807, 2.05) is 18.2 Å². The van der Waals surface area contributed by atoms with E-state index in [4.69, 9.17) is 6.57 Å². The highest BCUT2D eigenvalue weighted by Crippen LogP contribution is 2.38.